The summed E-state index contributed by atoms with van der Waals surface area (Å²) >= 11 is 0. The van der Waals surface area contributed by atoms with Crippen molar-refractivity contribution >= 4 is 5.97 Å². The number of aliphatic hydroxyl groups excluding tert-OH is 10. The first kappa shape index (κ1) is 30.4. The molecule has 0 unspecified atom stereocenters. The van der Waals surface area contributed by atoms with Crippen LogP contribution in [0, 0.1) is 0 Å². The van der Waals surface area contributed by atoms with E-state index in [1.165, 1.54) is 0 Å². The van der Waals surface area contributed by atoms with Gasteiger partial charge in [0.15, 0.2) is 25.0 Å². The summed E-state index contributed by atoms with van der Waals surface area (Å²) in [5.41, 5.74) is 0. The van der Waals surface area contributed by atoms with Crippen LogP contribution in [-0.4, -0.2) is 169 Å². The van der Waals surface area contributed by atoms with Crippen molar-refractivity contribution in [3.8, 4) is 0 Å². The van der Waals surface area contributed by atoms with E-state index in [-0.39, 0.29) is 0 Å². The standard InChI is InChI=1S/C20H34O17/c1-5(24)32-17-16(10(26)7(3-22)33-18(17)31)37-20-14(30)12(28)15(8(4-23)35-20)36-19-13(29)11(27)9(25)6(2-21)34-19/h6-23,25-31H,2-4H2,1H3/t6-,7-,8-,9+,10+,11+,12-,13-,14-,15+,16+,17-,18-,19-,20+/m1/s1. The van der Waals surface area contributed by atoms with Crippen LogP contribution in [0.5, 0.6) is 0 Å². The Labute approximate surface area is 209 Å². The van der Waals surface area contributed by atoms with Crippen LogP contribution >= 0.6 is 0 Å². The molecule has 0 amide bonds. The molecule has 37 heavy (non-hydrogen) atoms. The highest BCUT2D eigenvalue weighted by molar-refractivity contribution is 5.66. The molecule has 0 aromatic rings. The van der Waals surface area contributed by atoms with E-state index in [1.807, 2.05) is 0 Å². The van der Waals surface area contributed by atoms with Gasteiger partial charge in [-0.15, -0.1) is 0 Å². The monoisotopic (exact) mass is 546 g/mol. The molecule has 3 saturated heterocycles. The van der Waals surface area contributed by atoms with Gasteiger partial charge in [0.2, 0.25) is 0 Å². The summed E-state index contributed by atoms with van der Waals surface area (Å²) in [6.07, 6.45) is -25.4. The molecule has 0 bridgehead atoms. The van der Waals surface area contributed by atoms with Crippen molar-refractivity contribution in [3.63, 3.8) is 0 Å². The van der Waals surface area contributed by atoms with E-state index in [9.17, 15) is 55.9 Å². The van der Waals surface area contributed by atoms with Gasteiger partial charge in [-0.3, -0.25) is 4.79 Å². The van der Waals surface area contributed by atoms with E-state index in [4.69, 9.17) is 28.4 Å². The second kappa shape index (κ2) is 12.8. The molecular weight excluding hydrogens is 512 g/mol. The fraction of sp³-hybridized carbons (Fsp3) is 0.950. The van der Waals surface area contributed by atoms with Crippen molar-refractivity contribution in [3.05, 3.63) is 0 Å². The minimum Gasteiger partial charge on any atom is -0.454 e. The highest BCUT2D eigenvalue weighted by atomic mass is 16.8. The number of carbonyl (C=O) groups is 1. The highest BCUT2D eigenvalue weighted by Gasteiger charge is 2.54. The van der Waals surface area contributed by atoms with Crippen molar-refractivity contribution in [2.24, 2.45) is 0 Å². The van der Waals surface area contributed by atoms with Gasteiger partial charge in [-0.1, -0.05) is 0 Å². The van der Waals surface area contributed by atoms with Gasteiger partial charge in [0.25, 0.3) is 0 Å². The summed E-state index contributed by atoms with van der Waals surface area (Å²) in [4.78, 5) is 11.5. The van der Waals surface area contributed by atoms with Crippen molar-refractivity contribution in [1.29, 1.82) is 0 Å². The molecular formula is C20H34O17. The summed E-state index contributed by atoms with van der Waals surface area (Å²) in [5.74, 6) is -0.887. The zero-order valence-corrected chi connectivity index (χ0v) is 19.6. The Morgan fingerprint density at radius 1 is 0.595 bits per heavy atom. The lowest BCUT2D eigenvalue weighted by Gasteiger charge is -2.48. The smallest absolute Gasteiger partial charge is 0.303 e. The molecule has 3 fully saturated rings. The van der Waals surface area contributed by atoms with E-state index < -0.39 is 118 Å². The quantitative estimate of drug-likeness (QED) is 0.127. The number of hydrogen-bond acceptors (Lipinski definition) is 17. The molecule has 0 saturated carbocycles. The third-order valence-corrected chi connectivity index (χ3v) is 6.37. The normalized spacial score (nSPS) is 49.0. The van der Waals surface area contributed by atoms with Gasteiger partial charge in [0.05, 0.1) is 19.8 Å². The molecule has 17 heteroatoms. The molecule has 15 atom stereocenters. The van der Waals surface area contributed by atoms with Gasteiger partial charge in [-0.25, -0.2) is 0 Å². The second-order valence-corrected chi connectivity index (χ2v) is 8.92. The maximum Gasteiger partial charge on any atom is 0.303 e. The molecule has 3 rings (SSSR count). The molecule has 10 N–H and O–H groups in total. The molecule has 0 aromatic heterocycles. The van der Waals surface area contributed by atoms with E-state index in [2.05, 4.69) is 0 Å². The van der Waals surface area contributed by atoms with E-state index in [1.54, 1.807) is 0 Å². The SMILES string of the molecule is CC(=O)O[C@@H]1[C@@H](O[C@@H]2O[C@H](CO)[C@H](O[C@H]3O[C@H](CO)[C@H](O)[C@H](O)[C@H]3O)[C@H](O)[C@H]2O)[C@@H](O)[C@@H](CO)O[C@H]1O. The maximum absolute atomic E-state index is 11.5. The minimum atomic E-state index is -1.96. The molecule has 0 aromatic carbocycles. The van der Waals surface area contributed by atoms with Crippen LogP contribution in [0.2, 0.25) is 0 Å². The summed E-state index contributed by atoms with van der Waals surface area (Å²) < 4.78 is 31.6. The van der Waals surface area contributed by atoms with Gasteiger partial charge >= 0.3 is 5.97 Å². The summed E-state index contributed by atoms with van der Waals surface area (Å²) in [7, 11) is 0. The van der Waals surface area contributed by atoms with Crippen molar-refractivity contribution in [2.75, 3.05) is 19.8 Å². The zero-order valence-electron chi connectivity index (χ0n) is 19.6. The lowest BCUT2D eigenvalue weighted by Crippen LogP contribution is -2.66. The Bertz CT molecular complexity index is 738. The molecule has 0 spiro atoms. The predicted molar refractivity (Wildman–Crippen MR) is 111 cm³/mol. The number of hydrogen-bond donors (Lipinski definition) is 10. The number of esters is 1. The fourth-order valence-electron chi connectivity index (χ4n) is 4.35. The highest BCUT2D eigenvalue weighted by Crippen LogP contribution is 2.32. The van der Waals surface area contributed by atoms with Crippen LogP contribution in [-0.2, 0) is 33.2 Å². The van der Waals surface area contributed by atoms with Crippen LogP contribution in [0.3, 0.4) is 0 Å². The fourth-order valence-corrected chi connectivity index (χ4v) is 4.35. The van der Waals surface area contributed by atoms with Gasteiger partial charge < -0.3 is 79.5 Å². The third-order valence-electron chi connectivity index (χ3n) is 6.37. The summed E-state index contributed by atoms with van der Waals surface area (Å²) in [6.45, 7) is -1.37. The van der Waals surface area contributed by atoms with Gasteiger partial charge in [-0.2, -0.15) is 0 Å². The molecule has 0 aliphatic carbocycles. The summed E-state index contributed by atoms with van der Waals surface area (Å²) in [5, 5.41) is 101. The largest absolute Gasteiger partial charge is 0.454 e. The Balaban J connectivity index is 1.76. The van der Waals surface area contributed by atoms with Crippen LogP contribution in [0.25, 0.3) is 0 Å². The van der Waals surface area contributed by atoms with Crippen LogP contribution in [0.4, 0.5) is 0 Å². The van der Waals surface area contributed by atoms with E-state index >= 15 is 0 Å². The summed E-state index contributed by atoms with van der Waals surface area (Å²) in [6, 6.07) is 0. The molecule has 216 valence electrons. The third kappa shape index (κ3) is 6.38. The topological polar surface area (TPSA) is 275 Å². The first-order chi connectivity index (χ1) is 17.4. The first-order valence-corrected chi connectivity index (χ1v) is 11.5. The van der Waals surface area contributed by atoms with E-state index in [0.29, 0.717) is 0 Å². The van der Waals surface area contributed by atoms with Crippen molar-refractivity contribution in [2.45, 2.75) is 99.0 Å². The maximum atomic E-state index is 11.5. The number of ether oxygens (including phenoxy) is 6. The van der Waals surface area contributed by atoms with Gasteiger partial charge in [0, 0.05) is 6.92 Å². The lowest BCUT2D eigenvalue weighted by atomic mass is 9.96. The number of rotatable bonds is 8. The van der Waals surface area contributed by atoms with Crippen LogP contribution in [0.15, 0.2) is 0 Å². The number of aliphatic hydroxyl groups is 10. The average molecular weight is 546 g/mol. The second-order valence-electron chi connectivity index (χ2n) is 8.92. The molecule has 0 radical (unpaired) electrons. The molecule has 3 aliphatic rings. The van der Waals surface area contributed by atoms with Gasteiger partial charge in [0.1, 0.15) is 67.1 Å². The Kier molecular flexibility index (Phi) is 10.5. The van der Waals surface area contributed by atoms with E-state index in [0.717, 1.165) is 6.92 Å². The Hall–Kier alpha value is -1.13. The Morgan fingerprint density at radius 3 is 1.62 bits per heavy atom. The van der Waals surface area contributed by atoms with Crippen LogP contribution < -0.4 is 0 Å². The van der Waals surface area contributed by atoms with Crippen molar-refractivity contribution in [1.82, 2.24) is 0 Å². The lowest BCUT2D eigenvalue weighted by molar-refractivity contribution is -0.378. The first-order valence-electron chi connectivity index (χ1n) is 11.5. The predicted octanol–water partition coefficient (Wildman–Crippen LogP) is -7.00. The minimum absolute atomic E-state index is 0.756. The molecule has 3 aliphatic heterocycles. The number of carbonyl (C=O) groups excluding carboxylic acids is 1. The average Bonchev–Trinajstić information content (AvgIpc) is 2.87. The van der Waals surface area contributed by atoms with Crippen LogP contribution in [0.1, 0.15) is 6.92 Å². The molecule has 3 heterocycles. The molecule has 17 nitrogen and oxygen atoms in total. The van der Waals surface area contributed by atoms with Crippen molar-refractivity contribution < 1.29 is 84.3 Å². The van der Waals surface area contributed by atoms with Gasteiger partial charge in [-0.05, 0) is 0 Å². The zero-order chi connectivity index (χ0) is 27.6. The Morgan fingerprint density at radius 2 is 1.08 bits per heavy atom.